The van der Waals surface area contributed by atoms with Crippen LogP contribution in [0, 0.1) is 3.57 Å². The molecule has 34 heavy (non-hydrogen) atoms. The normalized spacial score (nSPS) is 12.2. The number of hydrogen-bond acceptors (Lipinski definition) is 5. The van der Waals surface area contributed by atoms with E-state index in [0.29, 0.717) is 17.9 Å². The SMILES string of the molecule is CC[C@@H](C(=O)NC(C)C)N(Cc1cccc(OC)c1)C(=O)CN(c1ccc(I)cc1)S(C)(=O)=O. The number of amides is 2. The predicted octanol–water partition coefficient (Wildman–Crippen LogP) is 3.40. The molecular weight excluding hydrogens is 569 g/mol. The monoisotopic (exact) mass is 601 g/mol. The first-order valence-electron chi connectivity index (χ1n) is 10.9. The Morgan fingerprint density at radius 3 is 2.29 bits per heavy atom. The summed E-state index contributed by atoms with van der Waals surface area (Å²) in [5.74, 6) is -0.132. The number of halogens is 1. The zero-order chi connectivity index (χ0) is 25.5. The lowest BCUT2D eigenvalue weighted by molar-refractivity contribution is -0.140. The van der Waals surface area contributed by atoms with Crippen molar-refractivity contribution in [2.24, 2.45) is 0 Å². The molecule has 0 heterocycles. The third kappa shape index (κ3) is 7.86. The van der Waals surface area contributed by atoms with Crippen molar-refractivity contribution in [3.8, 4) is 5.75 Å². The number of methoxy groups -OCH3 is 1. The van der Waals surface area contributed by atoms with Gasteiger partial charge in [-0.3, -0.25) is 13.9 Å². The zero-order valence-corrected chi connectivity index (χ0v) is 23.1. The molecule has 2 rings (SSSR count). The molecule has 2 amide bonds. The van der Waals surface area contributed by atoms with Gasteiger partial charge in [0.05, 0.1) is 19.1 Å². The van der Waals surface area contributed by atoms with E-state index in [9.17, 15) is 18.0 Å². The largest absolute Gasteiger partial charge is 0.497 e. The molecule has 0 aliphatic heterocycles. The lowest BCUT2D eigenvalue weighted by Gasteiger charge is -2.33. The molecule has 0 radical (unpaired) electrons. The number of nitrogens with zero attached hydrogens (tertiary/aromatic N) is 2. The first-order valence-corrected chi connectivity index (χ1v) is 13.8. The van der Waals surface area contributed by atoms with Crippen LogP contribution in [0.5, 0.6) is 5.75 Å². The van der Waals surface area contributed by atoms with Crippen molar-refractivity contribution in [1.82, 2.24) is 10.2 Å². The van der Waals surface area contributed by atoms with Crippen molar-refractivity contribution >= 4 is 50.1 Å². The van der Waals surface area contributed by atoms with Crippen molar-refractivity contribution < 1.29 is 22.7 Å². The van der Waals surface area contributed by atoms with E-state index in [1.807, 2.05) is 26.8 Å². The van der Waals surface area contributed by atoms with Gasteiger partial charge < -0.3 is 15.0 Å². The van der Waals surface area contributed by atoms with E-state index in [2.05, 4.69) is 27.9 Å². The number of nitrogens with one attached hydrogen (secondary N) is 1. The van der Waals surface area contributed by atoms with Crippen molar-refractivity contribution in [2.75, 3.05) is 24.2 Å². The summed E-state index contributed by atoms with van der Waals surface area (Å²) >= 11 is 2.13. The summed E-state index contributed by atoms with van der Waals surface area (Å²) in [7, 11) is -2.20. The molecular formula is C24H32IN3O5S. The third-order valence-corrected chi connectivity index (χ3v) is 6.96. The highest BCUT2D eigenvalue weighted by atomic mass is 127. The van der Waals surface area contributed by atoms with E-state index in [-0.39, 0.29) is 18.5 Å². The van der Waals surface area contributed by atoms with Crippen LogP contribution in [0.2, 0.25) is 0 Å². The topological polar surface area (TPSA) is 96.0 Å². The quantitative estimate of drug-likeness (QED) is 0.399. The van der Waals surface area contributed by atoms with Crippen LogP contribution in [0.1, 0.15) is 32.8 Å². The highest BCUT2D eigenvalue weighted by molar-refractivity contribution is 14.1. The van der Waals surface area contributed by atoms with Crippen LogP contribution >= 0.6 is 22.6 Å². The van der Waals surface area contributed by atoms with Gasteiger partial charge in [0.2, 0.25) is 21.8 Å². The van der Waals surface area contributed by atoms with Gasteiger partial charge in [0, 0.05) is 16.2 Å². The van der Waals surface area contributed by atoms with Gasteiger partial charge in [-0.1, -0.05) is 19.1 Å². The Morgan fingerprint density at radius 2 is 1.76 bits per heavy atom. The van der Waals surface area contributed by atoms with Crippen molar-refractivity contribution in [3.05, 3.63) is 57.7 Å². The lowest BCUT2D eigenvalue weighted by atomic mass is 10.1. The van der Waals surface area contributed by atoms with Crippen LogP contribution in [0.4, 0.5) is 5.69 Å². The Bertz CT molecular complexity index is 1090. The second kappa shape index (κ2) is 12.4. The fourth-order valence-corrected chi connectivity index (χ4v) is 4.70. The molecule has 0 aliphatic rings. The molecule has 2 aromatic rings. The fourth-order valence-electron chi connectivity index (χ4n) is 3.49. The molecule has 2 aromatic carbocycles. The Morgan fingerprint density at radius 1 is 1.12 bits per heavy atom. The van der Waals surface area contributed by atoms with Gasteiger partial charge in [-0.2, -0.15) is 0 Å². The number of sulfonamides is 1. The maximum atomic E-state index is 13.6. The van der Waals surface area contributed by atoms with E-state index in [0.717, 1.165) is 19.7 Å². The molecule has 0 bridgehead atoms. The van der Waals surface area contributed by atoms with Gasteiger partial charge >= 0.3 is 0 Å². The number of benzene rings is 2. The molecule has 186 valence electrons. The number of hydrogen-bond donors (Lipinski definition) is 1. The Labute approximate surface area is 215 Å². The van der Waals surface area contributed by atoms with E-state index in [1.165, 1.54) is 4.90 Å². The van der Waals surface area contributed by atoms with Gasteiger partial charge in [0.15, 0.2) is 0 Å². The van der Waals surface area contributed by atoms with Crippen LogP contribution in [0.15, 0.2) is 48.5 Å². The molecule has 0 aliphatic carbocycles. The second-order valence-corrected chi connectivity index (χ2v) is 11.4. The van der Waals surface area contributed by atoms with E-state index >= 15 is 0 Å². The fraction of sp³-hybridized carbons (Fsp3) is 0.417. The van der Waals surface area contributed by atoms with Crippen molar-refractivity contribution in [1.29, 1.82) is 0 Å². The number of rotatable bonds is 11. The molecule has 0 aromatic heterocycles. The molecule has 1 N–H and O–H groups in total. The summed E-state index contributed by atoms with van der Waals surface area (Å²) in [5, 5.41) is 2.87. The number of carbonyl (C=O) groups excluding carboxylic acids is 2. The summed E-state index contributed by atoms with van der Waals surface area (Å²) in [6, 6.07) is 13.2. The Balaban J connectivity index is 2.44. The Kier molecular flexibility index (Phi) is 10.2. The van der Waals surface area contributed by atoms with E-state index in [1.54, 1.807) is 49.6 Å². The van der Waals surface area contributed by atoms with Gasteiger partial charge in [-0.15, -0.1) is 0 Å². The number of ether oxygens (including phenoxy) is 1. The number of anilines is 1. The molecule has 0 fully saturated rings. The van der Waals surface area contributed by atoms with Crippen molar-refractivity contribution in [3.63, 3.8) is 0 Å². The molecule has 8 nitrogen and oxygen atoms in total. The molecule has 1 atom stereocenters. The minimum Gasteiger partial charge on any atom is -0.497 e. The molecule has 10 heteroatoms. The first kappa shape index (κ1) is 27.9. The van der Waals surface area contributed by atoms with Gasteiger partial charge in [-0.25, -0.2) is 8.42 Å². The standard InChI is InChI=1S/C24H32IN3O5S/c1-6-22(24(30)26-17(2)3)27(15-18-8-7-9-21(14-18)33-4)23(29)16-28(34(5,31)32)20-12-10-19(25)11-13-20/h7-14,17,22H,6,15-16H2,1-5H3,(H,26,30)/t22-/m0/s1. The number of carbonyl (C=O) groups is 2. The van der Waals surface area contributed by atoms with Crippen LogP contribution in [0.3, 0.4) is 0 Å². The minimum atomic E-state index is -3.75. The first-order chi connectivity index (χ1) is 16.0. The summed E-state index contributed by atoms with van der Waals surface area (Å²) in [4.78, 5) is 28.0. The maximum Gasteiger partial charge on any atom is 0.244 e. The lowest BCUT2D eigenvalue weighted by Crippen LogP contribution is -2.53. The van der Waals surface area contributed by atoms with Crippen LogP contribution < -0.4 is 14.4 Å². The Hall–Kier alpha value is -2.34. The molecule has 0 unspecified atom stereocenters. The van der Waals surface area contributed by atoms with Gasteiger partial charge in [0.25, 0.3) is 0 Å². The third-order valence-electron chi connectivity index (χ3n) is 5.10. The zero-order valence-electron chi connectivity index (χ0n) is 20.1. The summed E-state index contributed by atoms with van der Waals surface area (Å²) in [5.41, 5.74) is 1.15. The maximum absolute atomic E-state index is 13.6. The smallest absolute Gasteiger partial charge is 0.244 e. The average molecular weight is 602 g/mol. The minimum absolute atomic E-state index is 0.102. The second-order valence-electron chi connectivity index (χ2n) is 8.21. The van der Waals surface area contributed by atoms with Crippen molar-refractivity contribution in [2.45, 2.75) is 45.8 Å². The molecule has 0 spiro atoms. The highest BCUT2D eigenvalue weighted by Gasteiger charge is 2.32. The van der Waals surface area contributed by atoms with E-state index in [4.69, 9.17) is 4.74 Å². The van der Waals surface area contributed by atoms with Crippen LogP contribution in [-0.2, 0) is 26.2 Å². The summed E-state index contributed by atoms with van der Waals surface area (Å²) < 4.78 is 32.5. The van der Waals surface area contributed by atoms with E-state index < -0.39 is 28.5 Å². The summed E-state index contributed by atoms with van der Waals surface area (Å²) in [6.45, 7) is 5.23. The molecule has 0 saturated heterocycles. The highest BCUT2D eigenvalue weighted by Crippen LogP contribution is 2.22. The molecule has 0 saturated carbocycles. The predicted molar refractivity (Wildman–Crippen MR) is 142 cm³/mol. The van der Waals surface area contributed by atoms with Gasteiger partial charge in [-0.05, 0) is 84.8 Å². The average Bonchev–Trinajstić information content (AvgIpc) is 2.76. The van der Waals surface area contributed by atoms with Crippen LogP contribution in [0.25, 0.3) is 0 Å². The summed E-state index contributed by atoms with van der Waals surface area (Å²) in [6.07, 6.45) is 1.43. The van der Waals surface area contributed by atoms with Crippen LogP contribution in [-0.4, -0.2) is 57.1 Å². The van der Waals surface area contributed by atoms with Gasteiger partial charge in [0.1, 0.15) is 18.3 Å².